The number of amides is 2. The van der Waals surface area contributed by atoms with E-state index in [2.05, 4.69) is 5.32 Å². The summed E-state index contributed by atoms with van der Waals surface area (Å²) in [5, 5.41) is 2.71. The Bertz CT molecular complexity index is 616. The highest BCUT2D eigenvalue weighted by Crippen LogP contribution is 2.29. The lowest BCUT2D eigenvalue weighted by molar-refractivity contribution is -0.128. The van der Waals surface area contributed by atoms with Crippen LogP contribution in [0.3, 0.4) is 0 Å². The van der Waals surface area contributed by atoms with Crippen molar-refractivity contribution in [3.63, 3.8) is 0 Å². The Hall–Kier alpha value is -1.95. The summed E-state index contributed by atoms with van der Waals surface area (Å²) < 4.78 is 19.3. The molecule has 1 saturated carbocycles. The maximum Gasteiger partial charge on any atom is 0.251 e. The second-order valence-electron chi connectivity index (χ2n) is 6.34. The second kappa shape index (κ2) is 6.66. The Morgan fingerprint density at radius 1 is 1.39 bits per heavy atom. The molecule has 1 aliphatic carbocycles. The van der Waals surface area contributed by atoms with Crippen LogP contribution in [0.5, 0.6) is 0 Å². The Morgan fingerprint density at radius 3 is 2.83 bits per heavy atom. The first-order valence-electron chi connectivity index (χ1n) is 7.96. The molecule has 1 atom stereocenters. The molecule has 1 N–H and O–H groups in total. The molecule has 1 heterocycles. The highest BCUT2D eigenvalue weighted by atomic mass is 19.1. The third-order valence-electron chi connectivity index (χ3n) is 4.35. The van der Waals surface area contributed by atoms with E-state index >= 15 is 0 Å². The Labute approximate surface area is 134 Å². The fourth-order valence-corrected chi connectivity index (χ4v) is 2.64. The molecular formula is C17H21FN2O3. The standard InChI is InChI=1S/C17H21FN2O3/c1-20-7-6-15(17(20)22)19-16(21)12-4-5-14(18)13(8-12)10-23-9-11-2-3-11/h4-5,8,11,15H,2-3,6-7,9-10H2,1H3,(H,19,21)/t15-/m1/s1. The van der Waals surface area contributed by atoms with Crippen LogP contribution in [-0.4, -0.2) is 43.0 Å². The van der Waals surface area contributed by atoms with Crippen LogP contribution >= 0.6 is 0 Å². The Balaban J connectivity index is 1.61. The highest BCUT2D eigenvalue weighted by Gasteiger charge is 2.30. The van der Waals surface area contributed by atoms with Crippen LogP contribution in [0.4, 0.5) is 4.39 Å². The van der Waals surface area contributed by atoms with Gasteiger partial charge in [-0.1, -0.05) is 0 Å². The number of likely N-dealkylation sites (tertiary alicyclic amines) is 1. The minimum atomic E-state index is -0.493. The first-order valence-corrected chi connectivity index (χ1v) is 7.96. The summed E-state index contributed by atoms with van der Waals surface area (Å²) in [4.78, 5) is 25.7. The van der Waals surface area contributed by atoms with E-state index in [1.807, 2.05) is 0 Å². The number of nitrogens with zero attached hydrogens (tertiary/aromatic N) is 1. The Morgan fingerprint density at radius 2 is 2.17 bits per heavy atom. The molecule has 1 saturated heterocycles. The maximum absolute atomic E-state index is 13.8. The summed E-state index contributed by atoms with van der Waals surface area (Å²) in [5.74, 6) is -0.223. The van der Waals surface area contributed by atoms with E-state index in [-0.39, 0.29) is 24.2 Å². The summed E-state index contributed by atoms with van der Waals surface area (Å²) in [5.41, 5.74) is 0.715. The lowest BCUT2D eigenvalue weighted by Gasteiger charge is -2.13. The predicted octanol–water partition coefficient (Wildman–Crippen LogP) is 1.71. The predicted molar refractivity (Wildman–Crippen MR) is 82.3 cm³/mol. The van der Waals surface area contributed by atoms with Crippen molar-refractivity contribution in [2.24, 2.45) is 5.92 Å². The number of halogens is 1. The normalized spacial score (nSPS) is 20.9. The molecule has 2 fully saturated rings. The lowest BCUT2D eigenvalue weighted by atomic mass is 10.1. The van der Waals surface area contributed by atoms with Crippen LogP contribution in [0.2, 0.25) is 0 Å². The molecule has 1 aromatic carbocycles. The average Bonchev–Trinajstić information content (AvgIpc) is 3.31. The minimum Gasteiger partial charge on any atom is -0.376 e. The van der Waals surface area contributed by atoms with Gasteiger partial charge in [-0.25, -0.2) is 4.39 Å². The highest BCUT2D eigenvalue weighted by molar-refractivity contribution is 5.98. The van der Waals surface area contributed by atoms with Crippen LogP contribution in [0.15, 0.2) is 18.2 Å². The summed E-state index contributed by atoms with van der Waals surface area (Å²) in [6.45, 7) is 1.43. The summed E-state index contributed by atoms with van der Waals surface area (Å²) in [6.07, 6.45) is 2.95. The molecule has 23 heavy (non-hydrogen) atoms. The molecule has 0 spiro atoms. The number of rotatable bonds is 6. The van der Waals surface area contributed by atoms with Crippen LogP contribution < -0.4 is 5.32 Å². The zero-order valence-corrected chi connectivity index (χ0v) is 13.2. The molecule has 6 heteroatoms. The zero-order valence-electron chi connectivity index (χ0n) is 13.2. The van der Waals surface area contributed by atoms with E-state index in [1.54, 1.807) is 11.9 Å². The molecule has 1 aliphatic heterocycles. The van der Waals surface area contributed by atoms with Gasteiger partial charge in [0.2, 0.25) is 5.91 Å². The van der Waals surface area contributed by atoms with Crippen molar-refractivity contribution in [1.82, 2.24) is 10.2 Å². The summed E-state index contributed by atoms with van der Waals surface area (Å²) in [7, 11) is 1.71. The number of nitrogens with one attached hydrogen (secondary N) is 1. The first kappa shape index (κ1) is 15.9. The van der Waals surface area contributed by atoms with Gasteiger partial charge in [-0.05, 0) is 43.4 Å². The number of hydrogen-bond donors (Lipinski definition) is 1. The molecule has 124 valence electrons. The molecule has 0 aromatic heterocycles. The van der Waals surface area contributed by atoms with Crippen molar-refractivity contribution < 1.29 is 18.7 Å². The third-order valence-corrected chi connectivity index (χ3v) is 4.35. The quantitative estimate of drug-likeness (QED) is 0.868. The van der Waals surface area contributed by atoms with Gasteiger partial charge in [0.25, 0.3) is 5.91 Å². The van der Waals surface area contributed by atoms with Gasteiger partial charge in [-0.2, -0.15) is 0 Å². The number of hydrogen-bond acceptors (Lipinski definition) is 3. The average molecular weight is 320 g/mol. The van der Waals surface area contributed by atoms with Crippen molar-refractivity contribution >= 4 is 11.8 Å². The molecule has 0 bridgehead atoms. The van der Waals surface area contributed by atoms with E-state index in [0.717, 1.165) is 0 Å². The fraction of sp³-hybridized carbons (Fsp3) is 0.529. The molecule has 2 aliphatic rings. The van der Waals surface area contributed by atoms with Gasteiger partial charge in [0.15, 0.2) is 0 Å². The van der Waals surface area contributed by atoms with Crippen LogP contribution in [0.25, 0.3) is 0 Å². The molecule has 2 amide bonds. The van der Waals surface area contributed by atoms with Crippen molar-refractivity contribution in [3.05, 3.63) is 35.1 Å². The molecule has 3 rings (SSSR count). The van der Waals surface area contributed by atoms with Gasteiger partial charge in [0, 0.05) is 31.3 Å². The number of carbonyl (C=O) groups is 2. The summed E-state index contributed by atoms with van der Waals surface area (Å²) >= 11 is 0. The maximum atomic E-state index is 13.8. The van der Waals surface area contributed by atoms with Gasteiger partial charge < -0.3 is 15.0 Å². The monoisotopic (exact) mass is 320 g/mol. The molecule has 5 nitrogen and oxygen atoms in total. The second-order valence-corrected chi connectivity index (χ2v) is 6.34. The molecule has 0 unspecified atom stereocenters. The SMILES string of the molecule is CN1CC[C@@H](NC(=O)c2ccc(F)c(COCC3CC3)c2)C1=O. The van der Waals surface area contributed by atoms with E-state index in [0.29, 0.717) is 36.6 Å². The van der Waals surface area contributed by atoms with E-state index in [4.69, 9.17) is 4.74 Å². The third kappa shape index (κ3) is 3.88. The van der Waals surface area contributed by atoms with E-state index in [9.17, 15) is 14.0 Å². The van der Waals surface area contributed by atoms with Gasteiger partial charge >= 0.3 is 0 Å². The minimum absolute atomic E-state index is 0.0894. The number of ether oxygens (including phenoxy) is 1. The van der Waals surface area contributed by atoms with Crippen LogP contribution in [-0.2, 0) is 16.1 Å². The largest absolute Gasteiger partial charge is 0.376 e. The van der Waals surface area contributed by atoms with Crippen molar-refractivity contribution in [1.29, 1.82) is 0 Å². The smallest absolute Gasteiger partial charge is 0.251 e. The first-order chi connectivity index (χ1) is 11.0. The number of benzene rings is 1. The zero-order chi connectivity index (χ0) is 16.4. The molecule has 1 aromatic rings. The number of carbonyl (C=O) groups excluding carboxylic acids is 2. The van der Waals surface area contributed by atoms with Crippen LogP contribution in [0, 0.1) is 11.7 Å². The Kier molecular flexibility index (Phi) is 4.61. The van der Waals surface area contributed by atoms with Crippen molar-refractivity contribution in [3.8, 4) is 0 Å². The topological polar surface area (TPSA) is 58.6 Å². The van der Waals surface area contributed by atoms with Gasteiger partial charge in [-0.15, -0.1) is 0 Å². The molecule has 0 radical (unpaired) electrons. The van der Waals surface area contributed by atoms with Crippen LogP contribution in [0.1, 0.15) is 35.2 Å². The summed E-state index contributed by atoms with van der Waals surface area (Å²) in [6, 6.07) is 3.71. The lowest BCUT2D eigenvalue weighted by Crippen LogP contribution is -2.40. The van der Waals surface area contributed by atoms with Crippen molar-refractivity contribution in [2.45, 2.75) is 31.9 Å². The van der Waals surface area contributed by atoms with Crippen molar-refractivity contribution in [2.75, 3.05) is 20.2 Å². The van der Waals surface area contributed by atoms with E-state index in [1.165, 1.54) is 31.0 Å². The van der Waals surface area contributed by atoms with Gasteiger partial charge in [0.1, 0.15) is 11.9 Å². The number of likely N-dealkylation sites (N-methyl/N-ethyl adjacent to an activating group) is 1. The van der Waals surface area contributed by atoms with Gasteiger partial charge in [-0.3, -0.25) is 9.59 Å². The van der Waals surface area contributed by atoms with Gasteiger partial charge in [0.05, 0.1) is 6.61 Å². The van der Waals surface area contributed by atoms with E-state index < -0.39 is 6.04 Å². The molecular weight excluding hydrogens is 299 g/mol. The fourth-order valence-electron chi connectivity index (χ4n) is 2.64.